The summed E-state index contributed by atoms with van der Waals surface area (Å²) in [5.41, 5.74) is -5.65. The summed E-state index contributed by atoms with van der Waals surface area (Å²) in [6.07, 6.45) is -5.25. The average Bonchev–Trinajstić information content (AvgIpc) is 1.94. The molecule has 13 heteroatoms. The third-order valence-electron chi connectivity index (χ3n) is 0.611. The SMILES string of the molecule is O=S(=O)(NSOOC(F)(F)F)C(F)(F)F. The number of hydrogen-bond donors (Lipinski definition) is 1. The van der Waals surface area contributed by atoms with Crippen LogP contribution < -0.4 is 4.13 Å². The lowest BCUT2D eigenvalue weighted by Crippen LogP contribution is -2.32. The summed E-state index contributed by atoms with van der Waals surface area (Å²) in [5.74, 6) is 0. The molecule has 0 atom stereocenters. The molecule has 0 bridgehead atoms. The minimum Gasteiger partial charge on any atom is -0.202 e. The van der Waals surface area contributed by atoms with Crippen molar-refractivity contribution in [2.75, 3.05) is 0 Å². The number of halogens is 6. The molecule has 0 rings (SSSR count). The van der Waals surface area contributed by atoms with Crippen molar-refractivity contribution in [3.05, 3.63) is 0 Å². The number of alkyl halides is 6. The van der Waals surface area contributed by atoms with Gasteiger partial charge in [0.1, 0.15) is 12.2 Å². The van der Waals surface area contributed by atoms with E-state index in [4.69, 9.17) is 0 Å². The zero-order valence-electron chi connectivity index (χ0n) is 6.22. The van der Waals surface area contributed by atoms with E-state index in [1.807, 2.05) is 0 Å². The van der Waals surface area contributed by atoms with E-state index in [0.717, 1.165) is 0 Å². The normalized spacial score (nSPS) is 14.3. The molecule has 0 unspecified atom stereocenters. The average molecular weight is 281 g/mol. The van der Waals surface area contributed by atoms with Crippen LogP contribution in [0.25, 0.3) is 0 Å². The van der Waals surface area contributed by atoms with Gasteiger partial charge in [-0.2, -0.15) is 13.2 Å². The van der Waals surface area contributed by atoms with Crippen molar-refractivity contribution in [2.24, 2.45) is 0 Å². The first-order valence-corrected chi connectivity index (χ1v) is 4.84. The smallest absolute Gasteiger partial charge is 0.202 e. The summed E-state index contributed by atoms with van der Waals surface area (Å²) in [7, 11) is -5.77. The molecule has 0 spiro atoms. The van der Waals surface area contributed by atoms with Gasteiger partial charge >= 0.3 is 21.9 Å². The van der Waals surface area contributed by atoms with E-state index in [1.54, 1.807) is 0 Å². The van der Waals surface area contributed by atoms with Crippen LogP contribution in [0.4, 0.5) is 26.3 Å². The second kappa shape index (κ2) is 4.73. The Morgan fingerprint density at radius 3 is 1.87 bits per heavy atom. The number of rotatable bonds is 4. The van der Waals surface area contributed by atoms with E-state index < -0.39 is 34.1 Å². The van der Waals surface area contributed by atoms with Gasteiger partial charge in [-0.25, -0.2) is 8.42 Å². The van der Waals surface area contributed by atoms with Crippen LogP contribution in [-0.4, -0.2) is 20.3 Å². The zero-order chi connectivity index (χ0) is 12.3. The van der Waals surface area contributed by atoms with Crippen LogP contribution in [0.5, 0.6) is 0 Å². The molecule has 0 amide bonds. The highest BCUT2D eigenvalue weighted by molar-refractivity contribution is 8.06. The maximum atomic E-state index is 11.5. The first-order valence-electron chi connectivity index (χ1n) is 2.62. The van der Waals surface area contributed by atoms with Crippen LogP contribution in [0.3, 0.4) is 0 Å². The van der Waals surface area contributed by atoms with Gasteiger partial charge in [0.05, 0.1) is 0 Å². The third kappa shape index (κ3) is 6.03. The zero-order valence-corrected chi connectivity index (χ0v) is 7.85. The second-order valence-corrected chi connectivity index (χ2v) is 4.15. The van der Waals surface area contributed by atoms with Crippen molar-refractivity contribution >= 4 is 22.3 Å². The van der Waals surface area contributed by atoms with Crippen molar-refractivity contribution in [1.82, 2.24) is 4.13 Å². The number of sulfonamides is 1. The van der Waals surface area contributed by atoms with Crippen LogP contribution in [0.1, 0.15) is 0 Å². The van der Waals surface area contributed by atoms with Crippen LogP contribution in [-0.2, 0) is 19.2 Å². The molecule has 0 aromatic heterocycles. The summed E-state index contributed by atoms with van der Waals surface area (Å²) < 4.78 is 91.8. The molecule has 5 nitrogen and oxygen atoms in total. The van der Waals surface area contributed by atoms with Crippen LogP contribution in [0.15, 0.2) is 0 Å². The predicted octanol–water partition coefficient (Wildman–Crippen LogP) is 1.46. The Bertz CT molecular complexity index is 293. The molecule has 0 heterocycles. The standard InChI is InChI=1S/C2HF6NO4S2/c3-1(4,5)12-13-14-9-15(10,11)2(6,7)8/h9H. The predicted molar refractivity (Wildman–Crippen MR) is 33.9 cm³/mol. The Morgan fingerprint density at radius 2 is 1.53 bits per heavy atom. The molecule has 92 valence electrons. The lowest BCUT2D eigenvalue weighted by atomic mass is 11.4. The van der Waals surface area contributed by atoms with Crippen LogP contribution in [0.2, 0.25) is 0 Å². The lowest BCUT2D eigenvalue weighted by Gasteiger charge is -2.08. The number of hydrogen-bond acceptors (Lipinski definition) is 5. The topological polar surface area (TPSA) is 64.6 Å². The Balaban J connectivity index is 3.99. The molecule has 15 heavy (non-hydrogen) atoms. The van der Waals surface area contributed by atoms with Crippen molar-refractivity contribution in [3.8, 4) is 0 Å². The van der Waals surface area contributed by atoms with E-state index in [-0.39, 0.29) is 0 Å². The summed E-state index contributed by atoms with van der Waals surface area (Å²) in [6.45, 7) is 0. The van der Waals surface area contributed by atoms with E-state index >= 15 is 0 Å². The number of nitrogens with one attached hydrogen (secondary N) is 1. The molecule has 0 fully saturated rings. The summed E-state index contributed by atoms with van der Waals surface area (Å²) in [6, 6.07) is 0. The van der Waals surface area contributed by atoms with Crippen molar-refractivity contribution in [1.29, 1.82) is 0 Å². The second-order valence-electron chi connectivity index (χ2n) is 1.71. The molecule has 0 saturated heterocycles. The van der Waals surface area contributed by atoms with Gasteiger partial charge in [0.2, 0.25) is 0 Å². The Labute approximate surface area is 83.0 Å². The highest BCUT2D eigenvalue weighted by Crippen LogP contribution is 2.24. The molecule has 0 aromatic carbocycles. The van der Waals surface area contributed by atoms with Crippen molar-refractivity contribution in [3.63, 3.8) is 0 Å². The maximum absolute atomic E-state index is 11.5. The van der Waals surface area contributed by atoms with Gasteiger partial charge in [-0.3, -0.25) is 0 Å². The fourth-order valence-corrected chi connectivity index (χ4v) is 1.12. The van der Waals surface area contributed by atoms with Gasteiger partial charge in [0, 0.05) is 0 Å². The van der Waals surface area contributed by atoms with Crippen molar-refractivity contribution in [2.45, 2.75) is 11.9 Å². The van der Waals surface area contributed by atoms with Crippen LogP contribution >= 0.6 is 12.2 Å². The maximum Gasteiger partial charge on any atom is 0.550 e. The Morgan fingerprint density at radius 1 is 1.07 bits per heavy atom. The van der Waals surface area contributed by atoms with Gasteiger partial charge in [-0.15, -0.1) is 26.5 Å². The Hall–Kier alpha value is -0.240. The highest BCUT2D eigenvalue weighted by atomic mass is 32.3. The minimum absolute atomic E-state index is 0.588. The third-order valence-corrected chi connectivity index (χ3v) is 2.51. The molecule has 0 aliphatic rings. The van der Waals surface area contributed by atoms with Gasteiger partial charge in [-0.1, -0.05) is 0 Å². The van der Waals surface area contributed by atoms with E-state index in [2.05, 4.69) is 9.22 Å². The van der Waals surface area contributed by atoms with Gasteiger partial charge in [0.15, 0.2) is 0 Å². The van der Waals surface area contributed by atoms with Gasteiger partial charge < -0.3 is 0 Å². The molecule has 0 aliphatic heterocycles. The molecule has 0 aromatic rings. The summed E-state index contributed by atoms with van der Waals surface area (Å²) in [5, 5.41) is 0. The van der Waals surface area contributed by atoms with E-state index in [1.165, 1.54) is 0 Å². The molecule has 0 saturated carbocycles. The molecular formula is C2HF6NO4S2. The fraction of sp³-hybridized carbons (Fsp3) is 1.00. The fourth-order valence-electron chi connectivity index (χ4n) is 0.162. The largest absolute Gasteiger partial charge is 0.550 e. The first-order chi connectivity index (χ1) is 6.46. The van der Waals surface area contributed by atoms with E-state index in [9.17, 15) is 34.8 Å². The van der Waals surface area contributed by atoms with Crippen LogP contribution in [0, 0.1) is 0 Å². The first kappa shape index (κ1) is 14.8. The highest BCUT2D eigenvalue weighted by Gasteiger charge is 2.46. The molecule has 0 aliphatic carbocycles. The van der Waals surface area contributed by atoms with Crippen molar-refractivity contribution < 1.29 is 44.0 Å². The van der Waals surface area contributed by atoms with E-state index in [0.29, 0.717) is 4.13 Å². The minimum atomic E-state index is -5.77. The summed E-state index contributed by atoms with van der Waals surface area (Å²) >= 11 is -0.886. The summed E-state index contributed by atoms with van der Waals surface area (Å²) in [4.78, 5) is 2.51. The molecule has 0 radical (unpaired) electrons. The van der Waals surface area contributed by atoms with Gasteiger partial charge in [0.25, 0.3) is 0 Å². The molecular weight excluding hydrogens is 280 g/mol. The van der Waals surface area contributed by atoms with Gasteiger partial charge in [-0.05, 0) is 0 Å². The Kier molecular flexibility index (Phi) is 4.66. The molecule has 1 N–H and O–H groups in total. The quantitative estimate of drug-likeness (QED) is 0.211. The monoisotopic (exact) mass is 281 g/mol. The lowest BCUT2D eigenvalue weighted by molar-refractivity contribution is -0.440.